The van der Waals surface area contributed by atoms with E-state index in [0.29, 0.717) is 0 Å². The van der Waals surface area contributed by atoms with Crippen LogP contribution in [0.1, 0.15) is 5.56 Å². The van der Waals surface area contributed by atoms with Crippen LogP contribution in [-0.2, 0) is 11.2 Å². The number of aliphatic carboxylic acids is 1. The molecular weight excluding hydrogens is 246 g/mol. The minimum Gasteiger partial charge on any atom is -0.480 e. The number of rotatable bonds is 3. The number of halogens is 1. The lowest BCUT2D eigenvalue weighted by Gasteiger charge is -2.05. The lowest BCUT2D eigenvalue weighted by atomic mass is 10.0. The second-order valence-electron chi connectivity index (χ2n) is 2.82. The Hall–Kier alpha value is -1.34. The maximum atomic E-state index is 10.6. The van der Waals surface area contributed by atoms with Crippen molar-refractivity contribution in [3.8, 4) is 6.07 Å². The number of hydrogen-bond donors (Lipinski definition) is 1. The number of carboxylic acids is 1. The van der Waals surface area contributed by atoms with Gasteiger partial charge in [-0.3, -0.25) is 4.79 Å². The number of nitrogens with zero attached hydrogens (tertiary/aromatic N) is 1. The standard InChI is InChI=1S/C10H8BrNO2/c11-9-4-2-1-3-7(9)5-8(6-12)10(13)14/h1-4,8H,5H2,(H,13,14)/t8-/m0/s1. The van der Waals surface area contributed by atoms with Crippen molar-refractivity contribution in [2.45, 2.75) is 6.42 Å². The summed E-state index contributed by atoms with van der Waals surface area (Å²) in [5, 5.41) is 17.3. The van der Waals surface area contributed by atoms with E-state index in [1.54, 1.807) is 12.1 Å². The maximum absolute atomic E-state index is 10.6. The summed E-state index contributed by atoms with van der Waals surface area (Å²) in [4.78, 5) is 10.6. The van der Waals surface area contributed by atoms with E-state index in [1.807, 2.05) is 18.2 Å². The smallest absolute Gasteiger partial charge is 0.321 e. The molecule has 3 nitrogen and oxygen atoms in total. The van der Waals surface area contributed by atoms with Crippen molar-refractivity contribution in [3.63, 3.8) is 0 Å². The maximum Gasteiger partial charge on any atom is 0.321 e. The molecule has 14 heavy (non-hydrogen) atoms. The van der Waals surface area contributed by atoms with Gasteiger partial charge in [-0.2, -0.15) is 5.26 Å². The quantitative estimate of drug-likeness (QED) is 0.899. The Bertz CT molecular complexity index is 384. The predicted octanol–water partition coefficient (Wildman–Crippen LogP) is 2.22. The molecule has 0 saturated heterocycles. The minimum atomic E-state index is -1.08. The van der Waals surface area contributed by atoms with Crippen LogP contribution >= 0.6 is 15.9 Å². The molecule has 1 aromatic rings. The van der Waals surface area contributed by atoms with Gasteiger partial charge < -0.3 is 5.11 Å². The number of nitriles is 1. The Balaban J connectivity index is 2.84. The Kier molecular flexibility index (Phi) is 3.66. The van der Waals surface area contributed by atoms with Crippen molar-refractivity contribution >= 4 is 21.9 Å². The zero-order chi connectivity index (χ0) is 10.6. The molecule has 0 unspecified atom stereocenters. The van der Waals surface area contributed by atoms with Crippen molar-refractivity contribution < 1.29 is 9.90 Å². The Morgan fingerprint density at radius 3 is 2.71 bits per heavy atom. The fourth-order valence-corrected chi connectivity index (χ4v) is 1.52. The van der Waals surface area contributed by atoms with Gasteiger partial charge in [0, 0.05) is 4.47 Å². The fraction of sp³-hybridized carbons (Fsp3) is 0.200. The van der Waals surface area contributed by atoms with Gasteiger partial charge in [0.05, 0.1) is 6.07 Å². The summed E-state index contributed by atoms with van der Waals surface area (Å²) < 4.78 is 0.835. The van der Waals surface area contributed by atoms with E-state index in [9.17, 15) is 4.79 Å². The van der Waals surface area contributed by atoms with E-state index in [-0.39, 0.29) is 6.42 Å². The summed E-state index contributed by atoms with van der Waals surface area (Å²) in [6.07, 6.45) is 0.229. The van der Waals surface area contributed by atoms with E-state index in [4.69, 9.17) is 10.4 Å². The first-order valence-electron chi connectivity index (χ1n) is 4.01. The molecule has 1 rings (SSSR count). The number of benzene rings is 1. The molecule has 1 N–H and O–H groups in total. The second-order valence-corrected chi connectivity index (χ2v) is 3.67. The summed E-state index contributed by atoms with van der Waals surface area (Å²) >= 11 is 3.30. The number of carbonyl (C=O) groups is 1. The third-order valence-corrected chi connectivity index (χ3v) is 2.61. The predicted molar refractivity (Wildman–Crippen MR) is 54.6 cm³/mol. The van der Waals surface area contributed by atoms with Gasteiger partial charge in [0.1, 0.15) is 5.92 Å². The van der Waals surface area contributed by atoms with E-state index < -0.39 is 11.9 Å². The Morgan fingerprint density at radius 2 is 2.21 bits per heavy atom. The van der Waals surface area contributed by atoms with Crippen LogP contribution in [0.25, 0.3) is 0 Å². The molecule has 0 aromatic heterocycles. The minimum absolute atomic E-state index is 0.229. The molecule has 0 aliphatic carbocycles. The van der Waals surface area contributed by atoms with E-state index in [1.165, 1.54) is 0 Å². The highest BCUT2D eigenvalue weighted by Gasteiger charge is 2.17. The molecule has 1 atom stereocenters. The molecule has 0 aliphatic rings. The summed E-state index contributed by atoms with van der Waals surface area (Å²) in [5.74, 6) is -2.06. The molecule has 0 amide bonds. The van der Waals surface area contributed by atoms with Crippen molar-refractivity contribution in [1.29, 1.82) is 5.26 Å². The topological polar surface area (TPSA) is 61.1 Å². The van der Waals surface area contributed by atoms with Gasteiger partial charge in [-0.25, -0.2) is 0 Å². The van der Waals surface area contributed by atoms with Gasteiger partial charge in [-0.1, -0.05) is 34.1 Å². The molecule has 0 bridgehead atoms. The highest BCUT2D eigenvalue weighted by Crippen LogP contribution is 2.19. The average molecular weight is 254 g/mol. The van der Waals surface area contributed by atoms with Crippen molar-refractivity contribution in [3.05, 3.63) is 34.3 Å². The van der Waals surface area contributed by atoms with Crippen LogP contribution in [0.5, 0.6) is 0 Å². The summed E-state index contributed by atoms with van der Waals surface area (Å²) in [7, 11) is 0. The zero-order valence-electron chi connectivity index (χ0n) is 7.27. The first kappa shape index (κ1) is 10.7. The summed E-state index contributed by atoms with van der Waals surface area (Å²) in [5.41, 5.74) is 0.835. The van der Waals surface area contributed by atoms with Gasteiger partial charge in [0.25, 0.3) is 0 Å². The van der Waals surface area contributed by atoms with Gasteiger partial charge in [0.2, 0.25) is 0 Å². The number of hydrogen-bond acceptors (Lipinski definition) is 2. The van der Waals surface area contributed by atoms with Crippen LogP contribution < -0.4 is 0 Å². The molecule has 0 aliphatic heterocycles. The average Bonchev–Trinajstić information content (AvgIpc) is 2.16. The molecule has 0 spiro atoms. The molecule has 0 heterocycles. The van der Waals surface area contributed by atoms with Crippen molar-refractivity contribution in [1.82, 2.24) is 0 Å². The molecule has 0 saturated carbocycles. The van der Waals surface area contributed by atoms with Crippen LogP contribution in [0.2, 0.25) is 0 Å². The first-order valence-corrected chi connectivity index (χ1v) is 4.80. The van der Waals surface area contributed by atoms with Gasteiger partial charge >= 0.3 is 5.97 Å². The normalized spacial score (nSPS) is 11.7. The summed E-state index contributed by atoms with van der Waals surface area (Å²) in [6.45, 7) is 0. The SMILES string of the molecule is N#C[C@H](Cc1ccccc1Br)C(=O)O. The van der Waals surface area contributed by atoms with E-state index in [2.05, 4.69) is 15.9 Å². The molecular formula is C10H8BrNO2. The Morgan fingerprint density at radius 1 is 1.57 bits per heavy atom. The molecule has 0 fully saturated rings. The second kappa shape index (κ2) is 4.77. The highest BCUT2D eigenvalue weighted by atomic mass is 79.9. The Labute approximate surface area is 90.1 Å². The largest absolute Gasteiger partial charge is 0.480 e. The van der Waals surface area contributed by atoms with Crippen LogP contribution in [-0.4, -0.2) is 11.1 Å². The summed E-state index contributed by atoms with van der Waals surface area (Å²) in [6, 6.07) is 9.04. The lowest BCUT2D eigenvalue weighted by Crippen LogP contribution is -2.14. The van der Waals surface area contributed by atoms with E-state index >= 15 is 0 Å². The third-order valence-electron chi connectivity index (χ3n) is 1.84. The monoisotopic (exact) mass is 253 g/mol. The zero-order valence-corrected chi connectivity index (χ0v) is 8.86. The van der Waals surface area contributed by atoms with Gasteiger partial charge in [-0.15, -0.1) is 0 Å². The lowest BCUT2D eigenvalue weighted by molar-refractivity contribution is -0.139. The van der Waals surface area contributed by atoms with Gasteiger partial charge in [-0.05, 0) is 18.1 Å². The van der Waals surface area contributed by atoms with Crippen LogP contribution in [0.3, 0.4) is 0 Å². The van der Waals surface area contributed by atoms with Crippen LogP contribution in [0.4, 0.5) is 0 Å². The van der Waals surface area contributed by atoms with Crippen LogP contribution in [0, 0.1) is 17.2 Å². The first-order chi connectivity index (χ1) is 6.65. The molecule has 0 radical (unpaired) electrons. The molecule has 72 valence electrons. The van der Waals surface area contributed by atoms with Crippen molar-refractivity contribution in [2.75, 3.05) is 0 Å². The third kappa shape index (κ3) is 2.57. The van der Waals surface area contributed by atoms with Crippen LogP contribution in [0.15, 0.2) is 28.7 Å². The van der Waals surface area contributed by atoms with Gasteiger partial charge in [0.15, 0.2) is 0 Å². The molecule has 4 heteroatoms. The highest BCUT2D eigenvalue weighted by molar-refractivity contribution is 9.10. The fourth-order valence-electron chi connectivity index (χ4n) is 1.07. The van der Waals surface area contributed by atoms with E-state index in [0.717, 1.165) is 10.0 Å². The number of carboxylic acid groups (broad SMARTS) is 1. The molecule has 1 aromatic carbocycles. The van der Waals surface area contributed by atoms with Crippen molar-refractivity contribution in [2.24, 2.45) is 5.92 Å².